The number of hydrogen-bond acceptors (Lipinski definition) is 4. The van der Waals surface area contributed by atoms with Crippen molar-refractivity contribution in [2.24, 2.45) is 0 Å². The molecule has 0 bridgehead atoms. The summed E-state index contributed by atoms with van der Waals surface area (Å²) in [5.41, 5.74) is 12.3. The third kappa shape index (κ3) is 8.59. The Bertz CT molecular complexity index is 5700. The average molecular weight is 1160 g/mol. The second kappa shape index (κ2) is 21.5. The predicted octanol–water partition coefficient (Wildman–Crippen LogP) is 15.4. The van der Waals surface area contributed by atoms with Crippen molar-refractivity contribution in [3.63, 3.8) is 0 Å². The van der Waals surface area contributed by atoms with E-state index in [4.69, 9.17) is 20.4 Å². The molecule has 0 aliphatic carbocycles. The lowest BCUT2D eigenvalue weighted by Crippen LogP contribution is -2.74. The molecular weight excluding hydrogens is 1100 g/mol. The number of hydrogen-bond donors (Lipinski definition) is 0. The first-order valence-corrected chi connectivity index (χ1v) is 31.8. The zero-order valence-corrected chi connectivity index (χ0v) is 48.9. The molecule has 0 atom stereocenters. The lowest BCUT2D eigenvalue weighted by atomic mass is 9.46. The molecule has 0 N–H and O–H groups in total. The number of aromatic nitrogens is 5. The van der Waals surface area contributed by atoms with Crippen LogP contribution in [0.2, 0.25) is 0 Å². The van der Waals surface area contributed by atoms with E-state index < -0.39 is 51.2 Å². The summed E-state index contributed by atoms with van der Waals surface area (Å²) in [5.74, 6) is 1.15. The topological polar surface area (TPSA) is 51.8 Å². The first-order chi connectivity index (χ1) is 47.5. The van der Waals surface area contributed by atoms with Crippen molar-refractivity contribution in [1.82, 2.24) is 24.1 Å². The Balaban J connectivity index is 0.949. The molecule has 89 heavy (non-hydrogen) atoms. The van der Waals surface area contributed by atoms with Crippen molar-refractivity contribution in [2.45, 2.75) is 0 Å². The molecule has 0 spiro atoms. The maximum atomic E-state index is 9.36. The highest BCUT2D eigenvalue weighted by atomic mass is 28.3. The van der Waals surface area contributed by atoms with E-state index in [2.05, 4.69) is 241 Å². The summed E-state index contributed by atoms with van der Waals surface area (Å²) in [5, 5.41) is 6.24. The van der Waals surface area contributed by atoms with Gasteiger partial charge in [-0.15, -0.1) is 0 Å². The number of fused-ring (bicyclic) bond motifs is 9. The van der Waals surface area contributed by atoms with E-state index in [0.717, 1.165) is 77.0 Å². The molecule has 3 aromatic heterocycles. The van der Waals surface area contributed by atoms with Gasteiger partial charge in [-0.05, 0) is 96.4 Å². The Kier molecular flexibility index (Phi) is 10.6. The molecule has 0 amide bonds. The molecule has 6 nitrogen and oxygen atoms in total. The summed E-state index contributed by atoms with van der Waals surface area (Å²) >= 11 is 0. The zero-order valence-electron chi connectivity index (χ0n) is 55.9. The van der Waals surface area contributed by atoms with Crippen molar-refractivity contribution in [1.29, 1.82) is 0 Å². The Morgan fingerprint density at radius 2 is 0.820 bits per heavy atom. The summed E-state index contributed by atoms with van der Waals surface area (Å²) in [6.07, 6.45) is 0. The summed E-state index contributed by atoms with van der Waals surface area (Å²) in [4.78, 5) is 19.4. The van der Waals surface area contributed by atoms with Crippen LogP contribution in [0.3, 0.4) is 0 Å². The predicted molar refractivity (Wildman–Crippen MR) is 374 cm³/mol. The molecule has 8 heteroatoms. The maximum absolute atomic E-state index is 9.36. The van der Waals surface area contributed by atoms with Gasteiger partial charge in [0.05, 0.1) is 33.0 Å². The molecular formula is C81H55BN6Si. The van der Waals surface area contributed by atoms with Crippen LogP contribution >= 0.6 is 0 Å². The van der Waals surface area contributed by atoms with Gasteiger partial charge in [0.25, 0.3) is 0 Å². The molecule has 0 fully saturated rings. The summed E-state index contributed by atoms with van der Waals surface area (Å²) in [6, 6.07) is 96.5. The third-order valence-corrected chi connectivity index (χ3v) is 22.4. The Morgan fingerprint density at radius 3 is 1.48 bits per heavy atom. The van der Waals surface area contributed by atoms with Gasteiger partial charge >= 0.3 is 6.85 Å². The van der Waals surface area contributed by atoms with Gasteiger partial charge in [-0.25, -0.2) is 0 Å². The second-order valence-corrected chi connectivity index (χ2v) is 26.3. The molecule has 16 aromatic rings. The first kappa shape index (κ1) is 44.1. The van der Waals surface area contributed by atoms with Crippen LogP contribution in [0.4, 0.5) is 11.6 Å². The molecule has 13 aromatic carbocycles. The van der Waals surface area contributed by atoms with Gasteiger partial charge in [0.2, 0.25) is 11.9 Å². The van der Waals surface area contributed by atoms with Gasteiger partial charge in [-0.3, -0.25) is 4.57 Å². The molecule has 4 heterocycles. The third-order valence-electron chi connectivity index (χ3n) is 17.6. The van der Waals surface area contributed by atoms with Crippen molar-refractivity contribution in [3.05, 3.63) is 333 Å². The number of benzene rings is 13. The van der Waals surface area contributed by atoms with Gasteiger partial charge in [0.1, 0.15) is 0 Å². The minimum Gasteiger partial charge on any atom is -0.345 e. The number of para-hydroxylation sites is 4. The van der Waals surface area contributed by atoms with Crippen molar-refractivity contribution in [3.8, 4) is 56.4 Å². The van der Waals surface area contributed by atoms with Gasteiger partial charge < -0.3 is 9.38 Å². The van der Waals surface area contributed by atoms with Crippen LogP contribution in [0.25, 0.3) is 100 Å². The van der Waals surface area contributed by atoms with Gasteiger partial charge in [0.15, 0.2) is 13.9 Å². The maximum Gasteiger partial charge on any atom is 0.331 e. The van der Waals surface area contributed by atoms with Gasteiger partial charge in [-0.1, -0.05) is 297 Å². The van der Waals surface area contributed by atoms with E-state index in [9.17, 15) is 5.48 Å². The molecule has 416 valence electrons. The summed E-state index contributed by atoms with van der Waals surface area (Å²) in [6.45, 7) is -0.399. The highest BCUT2D eigenvalue weighted by Gasteiger charge is 2.43. The van der Waals surface area contributed by atoms with Crippen LogP contribution in [-0.2, 0) is 0 Å². The Hall–Kier alpha value is -11.4. The fourth-order valence-corrected chi connectivity index (χ4v) is 18.6. The minimum absolute atomic E-state index is 0.00522. The molecule has 0 radical (unpaired) electrons. The number of rotatable bonds is 11. The minimum atomic E-state index is -3.38. The zero-order chi connectivity index (χ0) is 65.8. The lowest BCUT2D eigenvalue weighted by molar-refractivity contribution is 0.940. The molecule has 17 rings (SSSR count). The number of anilines is 2. The van der Waals surface area contributed by atoms with E-state index in [-0.39, 0.29) is 33.9 Å². The highest BCUT2D eigenvalue weighted by Crippen LogP contribution is 2.41. The molecule has 1 aliphatic heterocycles. The van der Waals surface area contributed by atoms with E-state index >= 15 is 0 Å². The van der Waals surface area contributed by atoms with E-state index in [0.29, 0.717) is 28.9 Å². The SMILES string of the molecule is [2H]c1c([2H])c([2H])c2c(c1[2H])c1c([2H])c([2H])c([2H])c([2H])c1n2-c1ccc2c(c1)c1ccccc1n2-c1nc(-c2cccc([Si](c3ccccc3)(c3cccc(-c4ccccc4)c3)c3cccc(-c4ccccc4)c3)c2)nc(N2B(c3ccccc3)c3ccccc3-c3ccccc32)n1. The molecule has 0 saturated carbocycles. The normalized spacial score (nSPS) is 13.5. The largest absolute Gasteiger partial charge is 0.345 e. The van der Waals surface area contributed by atoms with Crippen molar-refractivity contribution >= 4 is 102 Å². The summed E-state index contributed by atoms with van der Waals surface area (Å²) in [7, 11) is -3.38. The van der Waals surface area contributed by atoms with Crippen LogP contribution in [0.1, 0.15) is 11.0 Å². The van der Waals surface area contributed by atoms with E-state index in [1.807, 2.05) is 53.1 Å². The molecule has 1 aliphatic rings. The Morgan fingerprint density at radius 1 is 0.326 bits per heavy atom. The fraction of sp³-hybridized carbons (Fsp3) is 0. The monoisotopic (exact) mass is 1160 g/mol. The summed E-state index contributed by atoms with van der Waals surface area (Å²) < 4.78 is 75.9. The standard InChI is InChI=1S/C81H55BN6Si/c1-5-26-56(27-6-1)58-30-23-37-64(52-58)89(63-35-11-4-12-36-63,65-38-24-31-59(53-65)57-28-7-2-8-29-57)66-39-25-32-60(54-66)79-83-80(85-81(84-79)88-78-49-22-17-41-68(78)67-40-13-18-45-73(67)82(88)61-33-9-3-10-34-61)87-76-48-21-16-44-71(76)72-55-62(50-51-77(72)87)86-74-46-19-14-42-69(74)70-43-15-20-47-75(70)86/h1-55H/i14D,15D,19D,20D,42D,43D,46D,47D. The van der Waals surface area contributed by atoms with Crippen LogP contribution < -0.4 is 36.5 Å². The molecule has 0 unspecified atom stereocenters. The average Bonchev–Trinajstić information content (AvgIpc) is 1.51. The molecule has 0 saturated heterocycles. The first-order valence-electron chi connectivity index (χ1n) is 33.8. The fourth-order valence-electron chi connectivity index (χ4n) is 13.7. The van der Waals surface area contributed by atoms with Crippen LogP contribution in [-0.4, -0.2) is 39.0 Å². The van der Waals surface area contributed by atoms with Crippen molar-refractivity contribution < 1.29 is 11.0 Å². The highest BCUT2D eigenvalue weighted by molar-refractivity contribution is 7.20. The van der Waals surface area contributed by atoms with Crippen molar-refractivity contribution in [2.75, 3.05) is 4.81 Å². The second-order valence-electron chi connectivity index (χ2n) is 22.5. The quantitative estimate of drug-likeness (QED) is 0.0957. The van der Waals surface area contributed by atoms with Crippen LogP contribution in [0.15, 0.2) is 333 Å². The van der Waals surface area contributed by atoms with Crippen LogP contribution in [0.5, 0.6) is 0 Å². The van der Waals surface area contributed by atoms with Gasteiger partial charge in [0, 0.05) is 44.0 Å². The number of nitrogens with zero attached hydrogens (tertiary/aromatic N) is 6. The van der Waals surface area contributed by atoms with E-state index in [1.54, 1.807) is 4.57 Å². The van der Waals surface area contributed by atoms with E-state index in [1.165, 1.54) is 15.6 Å². The Labute approximate surface area is 529 Å². The smallest absolute Gasteiger partial charge is 0.331 e. The lowest BCUT2D eigenvalue weighted by Gasteiger charge is -2.37. The van der Waals surface area contributed by atoms with Crippen LogP contribution in [0, 0.1) is 0 Å². The van der Waals surface area contributed by atoms with Gasteiger partial charge in [-0.2, -0.15) is 15.0 Å².